The van der Waals surface area contributed by atoms with Gasteiger partial charge in [0.1, 0.15) is 5.75 Å². The molecule has 3 aliphatic rings. The van der Waals surface area contributed by atoms with Gasteiger partial charge in [-0.1, -0.05) is 39.0 Å². The number of aliphatic carboxylic acids is 1. The summed E-state index contributed by atoms with van der Waals surface area (Å²) in [5, 5.41) is 30.6. The zero-order valence-corrected chi connectivity index (χ0v) is 29.1. The standard InChI is InChI=1S/C17H25NO4.C16H20F3NO5S/c1-16(2,3)18(15(21)22)9-6-12-5-8-17(4,14(19)20)11-13(12)7-10-18;1-15(2,3)13-9-20(14(21)22)7-6-10-8-11(4-5-12(10)13)25-26(23,24)16(17,18)19/h5,11H,6-10H2,1-4H3,(H-,19,20,21,22);4-5,8,13H,6-7,9H2,1-3H3,(H,21,22). The molecule has 3 atom stereocenters. The van der Waals surface area contributed by atoms with E-state index in [0.29, 0.717) is 37.9 Å². The van der Waals surface area contributed by atoms with E-state index in [0.717, 1.165) is 22.8 Å². The van der Waals surface area contributed by atoms with Crippen molar-refractivity contribution in [3.8, 4) is 5.75 Å². The number of carboxylic acid groups (broad SMARTS) is 3. The minimum atomic E-state index is -5.76. The van der Waals surface area contributed by atoms with E-state index in [1.807, 2.05) is 53.7 Å². The molecule has 1 fully saturated rings. The van der Waals surface area contributed by atoms with Crippen LogP contribution in [0.4, 0.5) is 22.8 Å². The van der Waals surface area contributed by atoms with Crippen LogP contribution in [0.25, 0.3) is 0 Å². The number of alkyl halides is 3. The third kappa shape index (κ3) is 8.16. The van der Waals surface area contributed by atoms with Crippen LogP contribution in [0.2, 0.25) is 0 Å². The van der Waals surface area contributed by atoms with Crippen molar-refractivity contribution in [3.63, 3.8) is 0 Å². The van der Waals surface area contributed by atoms with Gasteiger partial charge in [0.25, 0.3) is 6.09 Å². The Hall–Kier alpha value is -3.59. The van der Waals surface area contributed by atoms with Crippen LogP contribution in [0, 0.1) is 10.8 Å². The van der Waals surface area contributed by atoms with E-state index in [-0.39, 0.29) is 35.3 Å². The third-order valence-corrected chi connectivity index (χ3v) is 10.7. The lowest BCUT2D eigenvalue weighted by Crippen LogP contribution is -2.68. The summed E-state index contributed by atoms with van der Waals surface area (Å²) in [6.07, 6.45) is 3.59. The second kappa shape index (κ2) is 13.4. The van der Waals surface area contributed by atoms with E-state index in [1.54, 1.807) is 6.92 Å². The van der Waals surface area contributed by atoms with Crippen molar-refractivity contribution in [1.29, 1.82) is 0 Å². The van der Waals surface area contributed by atoms with Crippen molar-refractivity contribution < 1.29 is 60.0 Å². The molecule has 1 aromatic rings. The molecule has 2 N–H and O–H groups in total. The Labute approximate surface area is 279 Å². The zero-order valence-electron chi connectivity index (χ0n) is 28.3. The average molecular weight is 703 g/mol. The molecule has 0 spiro atoms. The summed E-state index contributed by atoms with van der Waals surface area (Å²) in [6, 6.07) is 3.91. The maximum atomic E-state index is 12.5. The van der Waals surface area contributed by atoms with Gasteiger partial charge in [-0.2, -0.15) is 21.6 Å². The number of rotatable bonds is 3. The van der Waals surface area contributed by atoms with Crippen molar-refractivity contribution in [2.45, 2.75) is 91.1 Å². The predicted octanol–water partition coefficient (Wildman–Crippen LogP) is 5.67. The number of carboxylic acids is 1. The number of hydrogen-bond donors (Lipinski definition) is 2. The summed E-state index contributed by atoms with van der Waals surface area (Å²) in [7, 11) is -5.76. The van der Waals surface area contributed by atoms with Gasteiger partial charge in [0, 0.05) is 31.8 Å². The van der Waals surface area contributed by atoms with E-state index < -0.39 is 50.5 Å². The highest BCUT2D eigenvalue weighted by Crippen LogP contribution is 2.42. The highest BCUT2D eigenvalue weighted by molar-refractivity contribution is 7.88. The van der Waals surface area contributed by atoms with Crippen LogP contribution < -0.4 is 9.29 Å². The van der Waals surface area contributed by atoms with Gasteiger partial charge in [0.15, 0.2) is 0 Å². The number of quaternary nitrogens is 1. The van der Waals surface area contributed by atoms with Crippen LogP contribution in [0.3, 0.4) is 0 Å². The number of allylic oxidation sites excluding steroid dienone is 1. The Bertz CT molecular complexity index is 1610. The Balaban J connectivity index is 0.000000264. The molecule has 2 aliphatic heterocycles. The lowest BCUT2D eigenvalue weighted by molar-refractivity contribution is -0.918. The summed E-state index contributed by atoms with van der Waals surface area (Å²) in [6.45, 7) is 14.6. The second-order valence-corrected chi connectivity index (χ2v) is 16.5. The van der Waals surface area contributed by atoms with E-state index in [9.17, 15) is 51.3 Å². The smallest absolute Gasteiger partial charge is 0.498 e. The molecule has 0 bridgehead atoms. The summed E-state index contributed by atoms with van der Waals surface area (Å²) in [4.78, 5) is 35.9. The van der Waals surface area contributed by atoms with Gasteiger partial charge >= 0.3 is 27.7 Å². The number of hydrogen-bond acceptors (Lipinski definition) is 7. The predicted molar refractivity (Wildman–Crippen MR) is 168 cm³/mol. The first kappa shape index (κ1) is 38.9. The number of carbonyl (C=O) groups is 3. The monoisotopic (exact) mass is 702 g/mol. The van der Waals surface area contributed by atoms with E-state index in [4.69, 9.17) is 0 Å². The summed E-state index contributed by atoms with van der Waals surface area (Å²) in [5.41, 5.74) is -3.74. The number of benzene rings is 1. The molecule has 4 rings (SSSR count). The van der Waals surface area contributed by atoms with Crippen LogP contribution in [-0.2, 0) is 21.3 Å². The van der Waals surface area contributed by atoms with Crippen molar-refractivity contribution in [2.75, 3.05) is 26.2 Å². The number of carbonyl (C=O) groups excluding carboxylic acids is 1. The van der Waals surface area contributed by atoms with Crippen LogP contribution in [0.15, 0.2) is 41.5 Å². The van der Waals surface area contributed by atoms with E-state index in [1.165, 1.54) is 17.0 Å². The number of nitrogens with zero attached hydrogens (tertiary/aromatic N) is 2. The van der Waals surface area contributed by atoms with Crippen LogP contribution >= 0.6 is 0 Å². The lowest BCUT2D eigenvalue weighted by Gasteiger charge is -2.47. The molecule has 15 heteroatoms. The molecule has 1 aromatic carbocycles. The SMILES string of the molecule is CC(C)(C)C1CN(C(=O)O)CCc2cc(OS(=O)(=O)C(F)(F)F)ccc21.CC1(C(=O)O)C=C2CC[N+](C(=O)[O-])(C(C)(C)C)CCC2=CC1. The first-order chi connectivity index (χ1) is 21.7. The fourth-order valence-corrected chi connectivity index (χ4v) is 6.90. The minimum absolute atomic E-state index is 0.0918. The molecule has 2 amide bonds. The molecule has 3 unspecified atom stereocenters. The molecule has 0 radical (unpaired) electrons. The van der Waals surface area contributed by atoms with Crippen molar-refractivity contribution in [3.05, 3.63) is 52.6 Å². The Kier molecular flexibility index (Phi) is 10.8. The van der Waals surface area contributed by atoms with Gasteiger partial charge < -0.3 is 29.2 Å². The highest BCUT2D eigenvalue weighted by atomic mass is 32.2. The third-order valence-electron chi connectivity index (χ3n) is 9.67. The first-order valence-corrected chi connectivity index (χ1v) is 17.0. The van der Waals surface area contributed by atoms with Crippen LogP contribution in [-0.4, -0.2) is 83.4 Å². The average Bonchev–Trinajstić information content (AvgIpc) is 3.25. The Morgan fingerprint density at radius 2 is 1.58 bits per heavy atom. The molecule has 1 aliphatic carbocycles. The van der Waals surface area contributed by atoms with E-state index >= 15 is 0 Å². The molecule has 0 aromatic heterocycles. The topological polar surface area (TPSA) is 161 Å². The fraction of sp³-hybridized carbons (Fsp3) is 0.606. The van der Waals surface area contributed by atoms with Crippen molar-refractivity contribution in [2.24, 2.45) is 10.8 Å². The molecule has 2 heterocycles. The maximum absolute atomic E-state index is 12.5. The van der Waals surface area contributed by atoms with E-state index in [2.05, 4.69) is 4.18 Å². The molecular weight excluding hydrogens is 657 g/mol. The number of halogens is 3. The molecule has 0 saturated carbocycles. The van der Waals surface area contributed by atoms with Crippen molar-refractivity contribution in [1.82, 2.24) is 4.90 Å². The van der Waals surface area contributed by atoms with Gasteiger partial charge in [0.05, 0.1) is 24.0 Å². The molecule has 11 nitrogen and oxygen atoms in total. The van der Waals surface area contributed by atoms with Gasteiger partial charge in [0.2, 0.25) is 0 Å². The molecular formula is C33H45F3N2O9S. The van der Waals surface area contributed by atoms with Gasteiger partial charge in [-0.05, 0) is 80.4 Å². The summed E-state index contributed by atoms with van der Waals surface area (Å²) < 4.78 is 64.0. The largest absolute Gasteiger partial charge is 0.534 e. The van der Waals surface area contributed by atoms with Gasteiger partial charge in [-0.15, -0.1) is 0 Å². The lowest BCUT2D eigenvalue weighted by atomic mass is 9.75. The molecule has 268 valence electrons. The number of likely N-dealkylation sites (tertiary alicyclic amines) is 1. The first-order valence-electron chi connectivity index (χ1n) is 15.6. The second-order valence-electron chi connectivity index (χ2n) is 14.9. The maximum Gasteiger partial charge on any atom is 0.534 e. The summed E-state index contributed by atoms with van der Waals surface area (Å²) >= 11 is 0. The van der Waals surface area contributed by atoms with Gasteiger partial charge in [-0.25, -0.2) is 4.79 Å². The van der Waals surface area contributed by atoms with Crippen LogP contribution in [0.5, 0.6) is 5.75 Å². The van der Waals surface area contributed by atoms with Crippen molar-refractivity contribution >= 4 is 28.3 Å². The highest BCUT2D eigenvalue weighted by Gasteiger charge is 2.49. The molecule has 1 saturated heterocycles. The fourth-order valence-electron chi connectivity index (χ4n) is 6.45. The quantitative estimate of drug-likeness (QED) is 0.230. The Morgan fingerprint density at radius 3 is 2.06 bits per heavy atom. The summed E-state index contributed by atoms with van der Waals surface area (Å²) in [5.74, 6) is -1.49. The molecule has 48 heavy (non-hydrogen) atoms. The number of amides is 2. The van der Waals surface area contributed by atoms with Gasteiger partial charge in [-0.3, -0.25) is 9.28 Å². The zero-order chi connectivity index (χ0) is 36.7. The van der Waals surface area contributed by atoms with Crippen LogP contribution in [0.1, 0.15) is 84.8 Å². The minimum Gasteiger partial charge on any atom is -0.498 e. The Morgan fingerprint density at radius 1 is 1.00 bits per heavy atom. The normalized spacial score (nSPS) is 25.0. The number of fused-ring (bicyclic) bond motifs is 2.